The molecule has 0 aliphatic heterocycles. The van der Waals surface area contributed by atoms with Gasteiger partial charge in [-0.1, -0.05) is 42.9 Å². The molecule has 1 aromatic carbocycles. The molecule has 2 rings (SSSR count). The van der Waals surface area contributed by atoms with E-state index in [1.807, 2.05) is 0 Å². The highest BCUT2D eigenvalue weighted by molar-refractivity contribution is 6.30. The normalized spacial score (nSPS) is 18.0. The Balaban J connectivity index is 2.08. The average Bonchev–Trinajstić information content (AvgIpc) is 2.46. The van der Waals surface area contributed by atoms with Crippen LogP contribution in [0.15, 0.2) is 23.2 Å². The minimum absolute atomic E-state index is 0.236. The number of nitrogens with two attached hydrogens (primary N) is 1. The number of rotatable bonds is 3. The van der Waals surface area contributed by atoms with E-state index in [0.717, 1.165) is 12.8 Å². The zero-order chi connectivity index (χ0) is 15.2. The van der Waals surface area contributed by atoms with E-state index < -0.39 is 11.9 Å². The minimum atomic E-state index is -0.658. The summed E-state index contributed by atoms with van der Waals surface area (Å²) in [5.41, 5.74) is 6.23. The van der Waals surface area contributed by atoms with E-state index in [-0.39, 0.29) is 12.0 Å². The fraction of sp³-hybridized carbons (Fsp3) is 0.438. The summed E-state index contributed by atoms with van der Waals surface area (Å²) < 4.78 is 13.9. The Morgan fingerprint density at radius 3 is 2.76 bits per heavy atom. The topological polar surface area (TPSA) is 50.4 Å². The molecule has 0 bridgehead atoms. The molecule has 1 fully saturated rings. The molecule has 1 saturated carbocycles. The Hall–Kier alpha value is -1.73. The summed E-state index contributed by atoms with van der Waals surface area (Å²) in [6.45, 7) is 0. The van der Waals surface area contributed by atoms with Crippen LogP contribution in [-0.2, 0) is 0 Å². The maximum absolute atomic E-state index is 13.9. The zero-order valence-corrected chi connectivity index (χ0v) is 12.5. The van der Waals surface area contributed by atoms with Gasteiger partial charge in [0.05, 0.1) is 6.04 Å². The molecule has 0 spiro atoms. The highest BCUT2D eigenvalue weighted by atomic mass is 35.5. The second-order valence-corrected chi connectivity index (χ2v) is 5.65. The number of guanidine groups is 1. The number of benzene rings is 1. The van der Waals surface area contributed by atoms with E-state index in [4.69, 9.17) is 23.8 Å². The fourth-order valence-corrected chi connectivity index (χ4v) is 2.70. The smallest absolute Gasteiger partial charge is 0.190 e. The molecule has 0 amide bonds. The van der Waals surface area contributed by atoms with Crippen LogP contribution in [0.1, 0.15) is 43.7 Å². The van der Waals surface area contributed by atoms with E-state index >= 15 is 0 Å². The third-order valence-electron chi connectivity index (χ3n) is 3.63. The number of aliphatic imine (C=N–C) groups is 1. The first-order valence-electron chi connectivity index (χ1n) is 7.11. The Bertz CT molecular complexity index is 559. The van der Waals surface area contributed by atoms with Gasteiger partial charge in [-0.05, 0) is 25.0 Å². The van der Waals surface area contributed by atoms with Gasteiger partial charge in [0.2, 0.25) is 0 Å². The predicted octanol–water partition coefficient (Wildman–Crippen LogP) is 3.39. The van der Waals surface area contributed by atoms with Crippen LogP contribution in [0.3, 0.4) is 0 Å². The van der Waals surface area contributed by atoms with Crippen LogP contribution in [0.5, 0.6) is 0 Å². The monoisotopic (exact) mass is 307 g/mol. The average molecular weight is 308 g/mol. The van der Waals surface area contributed by atoms with Crippen LogP contribution in [0.2, 0.25) is 5.02 Å². The minimum Gasteiger partial charge on any atom is -0.370 e. The molecule has 0 radical (unpaired) electrons. The summed E-state index contributed by atoms with van der Waals surface area (Å²) in [4.78, 5) is 4.44. The molecular weight excluding hydrogens is 289 g/mol. The van der Waals surface area contributed by atoms with E-state index in [2.05, 4.69) is 16.2 Å². The number of hydrogen-bond acceptors (Lipinski definition) is 1. The number of terminal acetylenes is 1. The molecule has 5 heteroatoms. The second-order valence-electron chi connectivity index (χ2n) is 5.22. The van der Waals surface area contributed by atoms with Crippen molar-refractivity contribution >= 4 is 17.6 Å². The fourth-order valence-electron chi connectivity index (χ4n) is 2.54. The summed E-state index contributed by atoms with van der Waals surface area (Å²) in [6, 6.07) is 3.97. The zero-order valence-electron chi connectivity index (χ0n) is 11.8. The molecule has 3 N–H and O–H groups in total. The molecule has 1 aliphatic rings. The molecule has 0 saturated heterocycles. The third kappa shape index (κ3) is 4.37. The largest absolute Gasteiger partial charge is 0.370 e. The predicted molar refractivity (Wildman–Crippen MR) is 84.6 cm³/mol. The molecule has 1 unspecified atom stereocenters. The number of halogens is 2. The van der Waals surface area contributed by atoms with Gasteiger partial charge in [0.15, 0.2) is 5.96 Å². The van der Waals surface area contributed by atoms with Crippen LogP contribution in [-0.4, -0.2) is 12.0 Å². The van der Waals surface area contributed by atoms with Crippen molar-refractivity contribution in [3.05, 3.63) is 34.6 Å². The van der Waals surface area contributed by atoms with Crippen molar-refractivity contribution in [3.8, 4) is 12.3 Å². The summed E-state index contributed by atoms with van der Waals surface area (Å²) in [5.74, 6) is 2.30. The van der Waals surface area contributed by atoms with Crippen LogP contribution in [0, 0.1) is 18.2 Å². The highest BCUT2D eigenvalue weighted by Gasteiger charge is 2.16. The van der Waals surface area contributed by atoms with Crippen LogP contribution < -0.4 is 11.1 Å². The highest BCUT2D eigenvalue weighted by Crippen LogP contribution is 2.22. The van der Waals surface area contributed by atoms with Crippen molar-refractivity contribution in [2.24, 2.45) is 10.7 Å². The lowest BCUT2D eigenvalue weighted by molar-refractivity contribution is 0.441. The summed E-state index contributed by atoms with van der Waals surface area (Å²) >= 11 is 5.74. The van der Waals surface area contributed by atoms with E-state index in [1.165, 1.54) is 25.3 Å². The van der Waals surface area contributed by atoms with Gasteiger partial charge < -0.3 is 11.1 Å². The van der Waals surface area contributed by atoms with Crippen LogP contribution >= 0.6 is 11.6 Å². The van der Waals surface area contributed by atoms with Gasteiger partial charge in [-0.25, -0.2) is 4.39 Å². The lowest BCUT2D eigenvalue weighted by Gasteiger charge is -2.20. The SMILES string of the molecule is C#CC(NC(N)=NC1CCCCC1)c1ccc(Cl)cc1F. The lowest BCUT2D eigenvalue weighted by Crippen LogP contribution is -2.36. The Labute approximate surface area is 129 Å². The second kappa shape index (κ2) is 7.33. The first kappa shape index (κ1) is 15.7. The number of nitrogens with zero attached hydrogens (tertiary/aromatic N) is 1. The molecule has 112 valence electrons. The summed E-state index contributed by atoms with van der Waals surface area (Å²) in [5, 5.41) is 3.23. The van der Waals surface area contributed by atoms with Gasteiger partial charge in [0, 0.05) is 10.6 Å². The third-order valence-corrected chi connectivity index (χ3v) is 3.86. The van der Waals surface area contributed by atoms with E-state index in [0.29, 0.717) is 10.6 Å². The van der Waals surface area contributed by atoms with E-state index in [9.17, 15) is 4.39 Å². The summed E-state index contributed by atoms with van der Waals surface area (Å²) in [7, 11) is 0. The molecule has 21 heavy (non-hydrogen) atoms. The van der Waals surface area contributed by atoms with Crippen molar-refractivity contribution in [2.45, 2.75) is 44.2 Å². The standard InChI is InChI=1S/C16H19ClFN3/c1-2-15(13-9-8-11(17)10-14(13)18)21-16(19)20-12-6-4-3-5-7-12/h1,8-10,12,15H,3-7H2,(H3,19,20,21). The van der Waals surface area contributed by atoms with Gasteiger partial charge in [0.25, 0.3) is 0 Å². The first-order chi connectivity index (χ1) is 10.1. The molecule has 1 aromatic rings. The van der Waals surface area contributed by atoms with Gasteiger partial charge in [-0.2, -0.15) is 0 Å². The van der Waals surface area contributed by atoms with Crippen LogP contribution in [0.25, 0.3) is 0 Å². The summed E-state index contributed by atoms with van der Waals surface area (Å²) in [6.07, 6.45) is 11.1. The Morgan fingerprint density at radius 2 is 2.14 bits per heavy atom. The van der Waals surface area contributed by atoms with Gasteiger partial charge in [-0.15, -0.1) is 6.42 Å². The van der Waals surface area contributed by atoms with Gasteiger partial charge >= 0.3 is 0 Å². The van der Waals surface area contributed by atoms with Crippen molar-refractivity contribution in [1.29, 1.82) is 0 Å². The molecule has 3 nitrogen and oxygen atoms in total. The molecule has 0 aromatic heterocycles. The number of nitrogens with one attached hydrogen (secondary N) is 1. The lowest BCUT2D eigenvalue weighted by atomic mass is 9.96. The van der Waals surface area contributed by atoms with Crippen molar-refractivity contribution in [3.63, 3.8) is 0 Å². The Kier molecular flexibility index (Phi) is 5.46. The van der Waals surface area contributed by atoms with Crippen LogP contribution in [0.4, 0.5) is 4.39 Å². The van der Waals surface area contributed by atoms with Crippen molar-refractivity contribution in [2.75, 3.05) is 0 Å². The maximum Gasteiger partial charge on any atom is 0.190 e. The van der Waals surface area contributed by atoms with E-state index in [1.54, 1.807) is 12.1 Å². The van der Waals surface area contributed by atoms with Crippen molar-refractivity contribution < 1.29 is 4.39 Å². The number of hydrogen-bond donors (Lipinski definition) is 2. The maximum atomic E-state index is 13.9. The Morgan fingerprint density at radius 1 is 1.43 bits per heavy atom. The first-order valence-corrected chi connectivity index (χ1v) is 7.49. The molecule has 1 aliphatic carbocycles. The van der Waals surface area contributed by atoms with Crippen molar-refractivity contribution in [1.82, 2.24) is 5.32 Å². The molecular formula is C16H19ClFN3. The van der Waals surface area contributed by atoms with Gasteiger partial charge in [0.1, 0.15) is 11.9 Å². The van der Waals surface area contributed by atoms with Gasteiger partial charge in [-0.3, -0.25) is 4.99 Å². The molecule has 1 atom stereocenters. The quantitative estimate of drug-likeness (QED) is 0.511. The molecule has 0 heterocycles.